The number of ether oxygens (including phenoxy) is 1. The molecule has 0 unspecified atom stereocenters. The number of carbonyl (C=O) groups is 1. The molecule has 2 rings (SSSR count). The molecule has 0 saturated heterocycles. The molecule has 0 aromatic carbocycles. The average Bonchev–Trinajstić information content (AvgIpc) is 2.64. The van der Waals surface area contributed by atoms with Crippen molar-refractivity contribution in [3.05, 3.63) is 29.1 Å². The summed E-state index contributed by atoms with van der Waals surface area (Å²) >= 11 is 5.86. The van der Waals surface area contributed by atoms with Crippen LogP contribution < -0.4 is 0 Å². The highest BCUT2D eigenvalue weighted by molar-refractivity contribution is 6.34. The molecule has 0 fully saturated rings. The number of aromatic nitrogens is 1. The van der Waals surface area contributed by atoms with E-state index in [2.05, 4.69) is 9.72 Å². The van der Waals surface area contributed by atoms with Crippen LogP contribution in [0.15, 0.2) is 22.8 Å². The molecular weight excluding hydrogens is 206 g/mol. The van der Waals surface area contributed by atoms with Crippen LogP contribution in [0, 0.1) is 0 Å². The molecular formula is C9H6ClNO3. The van der Waals surface area contributed by atoms with Crippen molar-refractivity contribution in [1.29, 1.82) is 0 Å². The van der Waals surface area contributed by atoms with E-state index in [-0.39, 0.29) is 5.69 Å². The number of hydrogen-bond donors (Lipinski definition) is 0. The topological polar surface area (TPSA) is 52.3 Å². The molecule has 2 aromatic rings. The van der Waals surface area contributed by atoms with Crippen LogP contribution in [0.5, 0.6) is 0 Å². The van der Waals surface area contributed by atoms with Crippen molar-refractivity contribution < 1.29 is 13.9 Å². The number of nitrogens with zero attached hydrogens (tertiary/aromatic N) is 1. The van der Waals surface area contributed by atoms with Gasteiger partial charge in [-0.25, -0.2) is 9.78 Å². The van der Waals surface area contributed by atoms with Gasteiger partial charge in [-0.3, -0.25) is 0 Å². The highest BCUT2D eigenvalue weighted by atomic mass is 35.5. The highest BCUT2D eigenvalue weighted by Gasteiger charge is 2.12. The molecule has 2 heterocycles. The van der Waals surface area contributed by atoms with E-state index in [0.717, 1.165) is 0 Å². The number of carbonyl (C=O) groups excluding carboxylic acids is 1. The summed E-state index contributed by atoms with van der Waals surface area (Å²) in [4.78, 5) is 15.2. The summed E-state index contributed by atoms with van der Waals surface area (Å²) in [5.74, 6) is -0.519. The first-order chi connectivity index (χ1) is 6.72. The number of halogens is 1. The van der Waals surface area contributed by atoms with E-state index < -0.39 is 5.97 Å². The van der Waals surface area contributed by atoms with Gasteiger partial charge >= 0.3 is 5.97 Å². The number of methoxy groups -OCH3 is 1. The van der Waals surface area contributed by atoms with Gasteiger partial charge in [0.2, 0.25) is 0 Å². The fourth-order valence-electron chi connectivity index (χ4n) is 1.13. The van der Waals surface area contributed by atoms with E-state index in [4.69, 9.17) is 16.0 Å². The van der Waals surface area contributed by atoms with E-state index in [1.54, 1.807) is 6.07 Å². The van der Waals surface area contributed by atoms with Crippen molar-refractivity contribution in [2.75, 3.05) is 7.11 Å². The third kappa shape index (κ3) is 1.33. The predicted octanol–water partition coefficient (Wildman–Crippen LogP) is 2.27. The first kappa shape index (κ1) is 9.02. The first-order valence-corrected chi connectivity index (χ1v) is 4.22. The highest BCUT2D eigenvalue weighted by Crippen LogP contribution is 2.23. The van der Waals surface area contributed by atoms with Crippen LogP contribution in [0.2, 0.25) is 5.02 Å². The summed E-state index contributed by atoms with van der Waals surface area (Å²) in [6.45, 7) is 0. The molecule has 0 radical (unpaired) electrons. The summed E-state index contributed by atoms with van der Waals surface area (Å²) in [5, 5.41) is 0.348. The Bertz CT molecular complexity index is 492. The van der Waals surface area contributed by atoms with E-state index in [9.17, 15) is 4.79 Å². The maximum atomic E-state index is 11.2. The van der Waals surface area contributed by atoms with Crippen LogP contribution in [0.25, 0.3) is 11.1 Å². The van der Waals surface area contributed by atoms with E-state index in [1.165, 1.54) is 19.4 Å². The normalized spacial score (nSPS) is 10.4. The van der Waals surface area contributed by atoms with Gasteiger partial charge in [0.1, 0.15) is 5.52 Å². The Hall–Kier alpha value is -1.55. The second-order valence-electron chi connectivity index (χ2n) is 2.62. The van der Waals surface area contributed by atoms with Crippen molar-refractivity contribution in [3.63, 3.8) is 0 Å². The molecule has 14 heavy (non-hydrogen) atoms. The van der Waals surface area contributed by atoms with Gasteiger partial charge in [-0.05, 0) is 6.07 Å². The van der Waals surface area contributed by atoms with Crippen LogP contribution in [0.4, 0.5) is 0 Å². The Morgan fingerprint density at radius 1 is 1.64 bits per heavy atom. The van der Waals surface area contributed by atoms with Gasteiger partial charge in [-0.1, -0.05) is 11.6 Å². The number of furan rings is 1. The van der Waals surface area contributed by atoms with Crippen LogP contribution >= 0.6 is 11.6 Å². The minimum atomic E-state index is -0.519. The number of pyridine rings is 1. The zero-order chi connectivity index (χ0) is 10.1. The molecule has 72 valence electrons. The second-order valence-corrected chi connectivity index (χ2v) is 3.02. The smallest absolute Gasteiger partial charge is 0.356 e. The average molecular weight is 212 g/mol. The van der Waals surface area contributed by atoms with E-state index >= 15 is 0 Å². The molecule has 0 spiro atoms. The fourth-order valence-corrected chi connectivity index (χ4v) is 1.37. The first-order valence-electron chi connectivity index (χ1n) is 3.84. The van der Waals surface area contributed by atoms with Crippen LogP contribution in [0.1, 0.15) is 10.5 Å². The Labute approximate surface area is 84.4 Å². The lowest BCUT2D eigenvalue weighted by molar-refractivity contribution is 0.0594. The Kier molecular flexibility index (Phi) is 2.13. The molecule has 0 N–H and O–H groups in total. The van der Waals surface area contributed by atoms with E-state index in [0.29, 0.717) is 16.1 Å². The quantitative estimate of drug-likeness (QED) is 0.679. The summed E-state index contributed by atoms with van der Waals surface area (Å²) < 4.78 is 9.60. The molecule has 0 saturated carbocycles. The van der Waals surface area contributed by atoms with Gasteiger partial charge in [0.15, 0.2) is 11.3 Å². The number of fused-ring (bicyclic) bond motifs is 1. The minimum Gasteiger partial charge on any atom is -0.464 e. The zero-order valence-electron chi connectivity index (χ0n) is 7.28. The summed E-state index contributed by atoms with van der Waals surface area (Å²) in [6.07, 6.45) is 1.46. The lowest BCUT2D eigenvalue weighted by Crippen LogP contribution is -2.03. The minimum absolute atomic E-state index is 0.173. The Morgan fingerprint density at radius 2 is 2.43 bits per heavy atom. The predicted molar refractivity (Wildman–Crippen MR) is 50.4 cm³/mol. The monoisotopic (exact) mass is 211 g/mol. The maximum absolute atomic E-state index is 11.2. The fraction of sp³-hybridized carbons (Fsp3) is 0.111. The number of esters is 1. The lowest BCUT2D eigenvalue weighted by atomic mass is 10.3. The van der Waals surface area contributed by atoms with Crippen molar-refractivity contribution >= 4 is 28.7 Å². The second kappa shape index (κ2) is 3.31. The van der Waals surface area contributed by atoms with Gasteiger partial charge in [0.05, 0.1) is 18.4 Å². The van der Waals surface area contributed by atoms with Gasteiger partial charge in [-0.15, -0.1) is 0 Å². The third-order valence-corrected chi connectivity index (χ3v) is 2.04. The Balaban J connectivity index is 2.64. The van der Waals surface area contributed by atoms with Gasteiger partial charge in [0, 0.05) is 6.07 Å². The molecule has 0 aliphatic carbocycles. The van der Waals surface area contributed by atoms with Crippen LogP contribution in [-0.2, 0) is 4.74 Å². The van der Waals surface area contributed by atoms with Crippen molar-refractivity contribution in [2.24, 2.45) is 0 Å². The Morgan fingerprint density at radius 3 is 3.14 bits per heavy atom. The number of rotatable bonds is 1. The molecule has 0 atom stereocenters. The van der Waals surface area contributed by atoms with Crippen LogP contribution in [0.3, 0.4) is 0 Å². The summed E-state index contributed by atoms with van der Waals surface area (Å²) in [6, 6.07) is 3.05. The molecule has 5 heteroatoms. The maximum Gasteiger partial charge on any atom is 0.356 e. The third-order valence-electron chi connectivity index (χ3n) is 1.76. The van der Waals surface area contributed by atoms with Gasteiger partial charge < -0.3 is 9.15 Å². The summed E-state index contributed by atoms with van der Waals surface area (Å²) in [7, 11) is 1.29. The molecule has 4 nitrogen and oxygen atoms in total. The van der Waals surface area contributed by atoms with Gasteiger partial charge in [-0.2, -0.15) is 0 Å². The summed E-state index contributed by atoms with van der Waals surface area (Å²) in [5.41, 5.74) is 1.18. The molecule has 0 bridgehead atoms. The van der Waals surface area contributed by atoms with Crippen molar-refractivity contribution in [1.82, 2.24) is 4.98 Å². The molecule has 0 aliphatic heterocycles. The molecule has 0 amide bonds. The van der Waals surface area contributed by atoms with Crippen molar-refractivity contribution in [2.45, 2.75) is 0 Å². The van der Waals surface area contributed by atoms with Crippen LogP contribution in [-0.4, -0.2) is 18.1 Å². The van der Waals surface area contributed by atoms with Crippen molar-refractivity contribution in [3.8, 4) is 0 Å². The number of hydrogen-bond acceptors (Lipinski definition) is 4. The SMILES string of the molecule is COC(=O)c1cc(Cl)c2occc2n1. The van der Waals surface area contributed by atoms with Gasteiger partial charge in [0.25, 0.3) is 0 Å². The zero-order valence-corrected chi connectivity index (χ0v) is 8.04. The lowest BCUT2D eigenvalue weighted by Gasteiger charge is -1.98. The molecule has 2 aromatic heterocycles. The van der Waals surface area contributed by atoms with E-state index in [1.807, 2.05) is 0 Å². The standard InChI is InChI=1S/C9H6ClNO3/c1-13-9(12)7-4-5(10)8-6(11-7)2-3-14-8/h2-4H,1H3. The molecule has 0 aliphatic rings. The largest absolute Gasteiger partial charge is 0.464 e.